The van der Waals surface area contributed by atoms with Gasteiger partial charge in [0.1, 0.15) is 5.82 Å². The topological polar surface area (TPSA) is 38.5 Å². The SMILES string of the molecule is NCC1COCCN1Cc1cc(Br)ccc1F. The van der Waals surface area contributed by atoms with Gasteiger partial charge in [0.2, 0.25) is 0 Å². The van der Waals surface area contributed by atoms with E-state index in [4.69, 9.17) is 10.5 Å². The van der Waals surface area contributed by atoms with E-state index in [1.807, 2.05) is 6.07 Å². The van der Waals surface area contributed by atoms with Gasteiger partial charge in [-0.2, -0.15) is 0 Å². The van der Waals surface area contributed by atoms with Crippen molar-refractivity contribution >= 4 is 15.9 Å². The molecule has 1 aromatic carbocycles. The second-order valence-corrected chi connectivity index (χ2v) is 5.09. The van der Waals surface area contributed by atoms with Crippen LogP contribution in [0.1, 0.15) is 5.56 Å². The van der Waals surface area contributed by atoms with Crippen LogP contribution < -0.4 is 5.73 Å². The fourth-order valence-electron chi connectivity index (χ4n) is 2.00. The van der Waals surface area contributed by atoms with Crippen molar-refractivity contribution in [1.29, 1.82) is 0 Å². The summed E-state index contributed by atoms with van der Waals surface area (Å²) in [5.74, 6) is -0.171. The monoisotopic (exact) mass is 302 g/mol. The molecule has 1 unspecified atom stereocenters. The normalized spacial score (nSPS) is 21.7. The van der Waals surface area contributed by atoms with E-state index in [1.165, 1.54) is 6.07 Å². The molecule has 1 aromatic rings. The van der Waals surface area contributed by atoms with Crippen LogP contribution in [0.3, 0.4) is 0 Å². The molecule has 0 bridgehead atoms. The molecule has 1 saturated heterocycles. The molecule has 0 radical (unpaired) electrons. The number of morpholine rings is 1. The molecule has 2 N–H and O–H groups in total. The van der Waals surface area contributed by atoms with Gasteiger partial charge in [0.15, 0.2) is 0 Å². The number of benzene rings is 1. The fourth-order valence-corrected chi connectivity index (χ4v) is 2.41. The number of ether oxygens (including phenoxy) is 1. The van der Waals surface area contributed by atoms with Crippen molar-refractivity contribution in [2.75, 3.05) is 26.3 Å². The number of rotatable bonds is 3. The maximum Gasteiger partial charge on any atom is 0.127 e. The van der Waals surface area contributed by atoms with Crippen LogP contribution in [-0.2, 0) is 11.3 Å². The fraction of sp³-hybridized carbons (Fsp3) is 0.500. The van der Waals surface area contributed by atoms with Crippen LogP contribution in [0.25, 0.3) is 0 Å². The molecule has 0 spiro atoms. The average molecular weight is 303 g/mol. The zero-order valence-electron chi connectivity index (χ0n) is 9.53. The Kier molecular flexibility index (Phi) is 4.50. The predicted molar refractivity (Wildman–Crippen MR) is 68.2 cm³/mol. The van der Waals surface area contributed by atoms with Crippen LogP contribution >= 0.6 is 15.9 Å². The number of nitrogens with two attached hydrogens (primary N) is 1. The van der Waals surface area contributed by atoms with E-state index in [-0.39, 0.29) is 11.9 Å². The molecular weight excluding hydrogens is 287 g/mol. The highest BCUT2D eigenvalue weighted by molar-refractivity contribution is 9.10. The summed E-state index contributed by atoms with van der Waals surface area (Å²) in [6.45, 7) is 3.23. The summed E-state index contributed by atoms with van der Waals surface area (Å²) in [5, 5.41) is 0. The molecule has 1 aliphatic rings. The first-order valence-electron chi connectivity index (χ1n) is 5.66. The predicted octanol–water partition coefficient (Wildman–Crippen LogP) is 1.75. The van der Waals surface area contributed by atoms with Gasteiger partial charge in [-0.15, -0.1) is 0 Å². The van der Waals surface area contributed by atoms with E-state index >= 15 is 0 Å². The Labute approximate surface area is 109 Å². The van der Waals surface area contributed by atoms with E-state index < -0.39 is 0 Å². The van der Waals surface area contributed by atoms with Crippen molar-refractivity contribution in [1.82, 2.24) is 4.90 Å². The van der Waals surface area contributed by atoms with Crippen molar-refractivity contribution in [2.24, 2.45) is 5.73 Å². The van der Waals surface area contributed by atoms with Crippen LogP contribution in [0.5, 0.6) is 0 Å². The van der Waals surface area contributed by atoms with Gasteiger partial charge in [-0.3, -0.25) is 4.90 Å². The smallest absolute Gasteiger partial charge is 0.127 e. The molecule has 2 rings (SSSR count). The number of halogens is 2. The van der Waals surface area contributed by atoms with Crippen molar-refractivity contribution in [3.63, 3.8) is 0 Å². The lowest BCUT2D eigenvalue weighted by Gasteiger charge is -2.34. The third-order valence-corrected chi connectivity index (χ3v) is 3.50. The second kappa shape index (κ2) is 5.91. The van der Waals surface area contributed by atoms with Crippen LogP contribution in [0.2, 0.25) is 0 Å². The van der Waals surface area contributed by atoms with Crippen molar-refractivity contribution < 1.29 is 9.13 Å². The lowest BCUT2D eigenvalue weighted by molar-refractivity contribution is -0.00836. The molecule has 0 aliphatic carbocycles. The molecule has 1 heterocycles. The van der Waals surface area contributed by atoms with Gasteiger partial charge in [-0.05, 0) is 18.2 Å². The first-order valence-corrected chi connectivity index (χ1v) is 6.46. The van der Waals surface area contributed by atoms with E-state index in [2.05, 4.69) is 20.8 Å². The number of nitrogens with zero attached hydrogens (tertiary/aromatic N) is 1. The van der Waals surface area contributed by atoms with E-state index in [1.54, 1.807) is 6.07 Å². The van der Waals surface area contributed by atoms with Gasteiger partial charge in [0.05, 0.1) is 13.2 Å². The minimum atomic E-state index is -0.171. The van der Waals surface area contributed by atoms with Crippen LogP contribution in [0.4, 0.5) is 4.39 Å². The molecule has 17 heavy (non-hydrogen) atoms. The van der Waals surface area contributed by atoms with E-state index in [0.717, 1.165) is 11.0 Å². The molecule has 0 saturated carbocycles. The van der Waals surface area contributed by atoms with Gasteiger partial charge >= 0.3 is 0 Å². The Bertz CT molecular complexity index is 389. The molecular formula is C12H16BrFN2O. The quantitative estimate of drug-likeness (QED) is 0.924. The van der Waals surface area contributed by atoms with Crippen LogP contribution in [-0.4, -0.2) is 37.2 Å². The lowest BCUT2D eigenvalue weighted by atomic mass is 10.1. The maximum atomic E-state index is 13.6. The third-order valence-electron chi connectivity index (χ3n) is 3.00. The average Bonchev–Trinajstić information content (AvgIpc) is 2.34. The lowest BCUT2D eigenvalue weighted by Crippen LogP contribution is -2.48. The Morgan fingerprint density at radius 3 is 3.12 bits per heavy atom. The Morgan fingerprint density at radius 2 is 2.35 bits per heavy atom. The highest BCUT2D eigenvalue weighted by atomic mass is 79.9. The third kappa shape index (κ3) is 3.25. The standard InChI is InChI=1S/C12H16BrFN2O/c13-10-1-2-12(14)9(5-10)7-16-3-4-17-8-11(16)6-15/h1-2,5,11H,3-4,6-8,15H2. The first-order chi connectivity index (χ1) is 8.20. The molecule has 1 atom stereocenters. The Hall–Kier alpha value is -0.490. The molecule has 94 valence electrons. The number of hydrogen-bond acceptors (Lipinski definition) is 3. The Morgan fingerprint density at radius 1 is 1.53 bits per heavy atom. The van der Waals surface area contributed by atoms with Crippen molar-refractivity contribution in [3.05, 3.63) is 34.1 Å². The second-order valence-electron chi connectivity index (χ2n) is 4.17. The largest absolute Gasteiger partial charge is 0.378 e. The highest BCUT2D eigenvalue weighted by Crippen LogP contribution is 2.19. The van der Waals surface area contributed by atoms with Crippen LogP contribution in [0, 0.1) is 5.82 Å². The van der Waals surface area contributed by atoms with Gasteiger partial charge < -0.3 is 10.5 Å². The molecule has 0 aromatic heterocycles. The summed E-state index contributed by atoms with van der Waals surface area (Å²) in [6, 6.07) is 5.19. The number of hydrogen-bond donors (Lipinski definition) is 1. The highest BCUT2D eigenvalue weighted by Gasteiger charge is 2.22. The van der Waals surface area contributed by atoms with E-state index in [9.17, 15) is 4.39 Å². The molecule has 0 amide bonds. The van der Waals surface area contributed by atoms with Crippen LogP contribution in [0.15, 0.2) is 22.7 Å². The zero-order chi connectivity index (χ0) is 12.3. The summed E-state index contributed by atoms with van der Waals surface area (Å²) < 4.78 is 19.9. The van der Waals surface area contributed by atoms with E-state index in [0.29, 0.717) is 31.9 Å². The van der Waals surface area contributed by atoms with Gasteiger partial charge in [0, 0.05) is 35.7 Å². The molecule has 3 nitrogen and oxygen atoms in total. The maximum absolute atomic E-state index is 13.6. The summed E-state index contributed by atoms with van der Waals surface area (Å²) in [4.78, 5) is 2.17. The molecule has 1 fully saturated rings. The minimum absolute atomic E-state index is 0.171. The van der Waals surface area contributed by atoms with Gasteiger partial charge in [0.25, 0.3) is 0 Å². The van der Waals surface area contributed by atoms with Crippen molar-refractivity contribution in [2.45, 2.75) is 12.6 Å². The summed E-state index contributed by atoms with van der Waals surface area (Å²) in [6.07, 6.45) is 0. The zero-order valence-corrected chi connectivity index (χ0v) is 11.1. The van der Waals surface area contributed by atoms with Gasteiger partial charge in [-0.1, -0.05) is 15.9 Å². The minimum Gasteiger partial charge on any atom is -0.378 e. The van der Waals surface area contributed by atoms with Gasteiger partial charge in [-0.25, -0.2) is 4.39 Å². The summed E-state index contributed by atoms with van der Waals surface area (Å²) in [5.41, 5.74) is 6.38. The summed E-state index contributed by atoms with van der Waals surface area (Å²) in [7, 11) is 0. The summed E-state index contributed by atoms with van der Waals surface area (Å²) >= 11 is 3.36. The molecule has 1 aliphatic heterocycles. The van der Waals surface area contributed by atoms with Crippen molar-refractivity contribution in [3.8, 4) is 0 Å². The first kappa shape index (κ1) is 13.0. The molecule has 5 heteroatoms. The Balaban J connectivity index is 2.10.